The highest BCUT2D eigenvalue weighted by atomic mass is 15.3. The van der Waals surface area contributed by atoms with Crippen molar-refractivity contribution in [3.63, 3.8) is 0 Å². The maximum atomic E-state index is 4.63. The Balaban J connectivity index is 2.36. The summed E-state index contributed by atoms with van der Waals surface area (Å²) >= 11 is 0. The van der Waals surface area contributed by atoms with Crippen molar-refractivity contribution in [2.45, 2.75) is 60.2 Å². The number of rotatable bonds is 5. The maximum absolute atomic E-state index is 4.63. The molecule has 2 aromatic rings. The molecule has 0 aliphatic heterocycles. The van der Waals surface area contributed by atoms with E-state index in [1.54, 1.807) is 0 Å². The predicted molar refractivity (Wildman–Crippen MR) is 89.5 cm³/mol. The lowest BCUT2D eigenvalue weighted by atomic mass is 9.98. The minimum absolute atomic E-state index is 0.392. The Kier molecular flexibility index (Phi) is 4.84. The number of hydrogen-bond acceptors (Lipinski definition) is 2. The van der Waals surface area contributed by atoms with Crippen molar-refractivity contribution in [2.24, 2.45) is 0 Å². The van der Waals surface area contributed by atoms with E-state index in [2.05, 4.69) is 76.4 Å². The zero-order valence-corrected chi connectivity index (χ0v) is 14.1. The molecule has 0 aliphatic carbocycles. The van der Waals surface area contributed by atoms with Crippen molar-refractivity contribution in [3.8, 4) is 11.1 Å². The van der Waals surface area contributed by atoms with Crippen LogP contribution in [0.2, 0.25) is 0 Å². The van der Waals surface area contributed by atoms with Crippen LogP contribution < -0.4 is 5.32 Å². The number of nitrogens with zero attached hydrogens (tertiary/aromatic N) is 2. The molecule has 0 atom stereocenters. The van der Waals surface area contributed by atoms with Crippen LogP contribution in [0, 0.1) is 13.8 Å². The highest BCUT2D eigenvalue weighted by Crippen LogP contribution is 2.28. The van der Waals surface area contributed by atoms with Crippen molar-refractivity contribution < 1.29 is 0 Å². The van der Waals surface area contributed by atoms with Gasteiger partial charge in [-0.2, -0.15) is 5.10 Å². The number of aryl methyl sites for hydroxylation is 2. The monoisotopic (exact) mass is 285 g/mol. The highest BCUT2D eigenvalue weighted by molar-refractivity contribution is 5.69. The van der Waals surface area contributed by atoms with Gasteiger partial charge in [0.15, 0.2) is 0 Å². The third-order valence-corrected chi connectivity index (χ3v) is 3.75. The van der Waals surface area contributed by atoms with E-state index in [4.69, 9.17) is 0 Å². The molecule has 0 radical (unpaired) electrons. The average Bonchev–Trinajstić information content (AvgIpc) is 2.80. The lowest BCUT2D eigenvalue weighted by molar-refractivity contribution is 0.529. The number of aromatic nitrogens is 2. The van der Waals surface area contributed by atoms with Gasteiger partial charge in [-0.25, -0.2) is 0 Å². The summed E-state index contributed by atoms with van der Waals surface area (Å²) in [4.78, 5) is 0. The highest BCUT2D eigenvalue weighted by Gasteiger charge is 2.12. The molecule has 0 aliphatic rings. The second-order valence-electron chi connectivity index (χ2n) is 6.39. The van der Waals surface area contributed by atoms with E-state index in [-0.39, 0.29) is 0 Å². The molecular weight excluding hydrogens is 258 g/mol. The Morgan fingerprint density at radius 2 is 1.81 bits per heavy atom. The molecule has 1 N–H and O–H groups in total. The molecule has 1 heterocycles. The van der Waals surface area contributed by atoms with Gasteiger partial charge in [0, 0.05) is 30.4 Å². The largest absolute Gasteiger partial charge is 0.310 e. The van der Waals surface area contributed by atoms with Gasteiger partial charge >= 0.3 is 0 Å². The van der Waals surface area contributed by atoms with Crippen LogP contribution in [-0.4, -0.2) is 15.8 Å². The summed E-state index contributed by atoms with van der Waals surface area (Å²) in [5.74, 6) is 0. The van der Waals surface area contributed by atoms with Gasteiger partial charge in [-0.15, -0.1) is 0 Å². The van der Waals surface area contributed by atoms with Gasteiger partial charge in [-0.3, -0.25) is 4.68 Å². The average molecular weight is 285 g/mol. The fourth-order valence-electron chi connectivity index (χ4n) is 2.40. The van der Waals surface area contributed by atoms with E-state index in [0.29, 0.717) is 12.1 Å². The molecule has 0 bridgehead atoms. The Bertz CT molecular complexity index is 609. The van der Waals surface area contributed by atoms with Gasteiger partial charge < -0.3 is 5.32 Å². The van der Waals surface area contributed by atoms with Crippen molar-refractivity contribution >= 4 is 0 Å². The van der Waals surface area contributed by atoms with Crippen LogP contribution in [0.25, 0.3) is 11.1 Å². The molecule has 1 aromatic carbocycles. The maximum Gasteiger partial charge on any atom is 0.0672 e. The first-order valence-corrected chi connectivity index (χ1v) is 7.77. The SMILES string of the molecule is Cc1ccc(CNC(C)C)cc1-c1cn(C(C)C)nc1C. The Morgan fingerprint density at radius 3 is 2.38 bits per heavy atom. The summed E-state index contributed by atoms with van der Waals surface area (Å²) in [6.45, 7) is 13.8. The lowest BCUT2D eigenvalue weighted by Crippen LogP contribution is -2.21. The molecule has 1 aromatic heterocycles. The number of hydrogen-bond donors (Lipinski definition) is 1. The molecule has 0 amide bonds. The smallest absolute Gasteiger partial charge is 0.0672 e. The van der Waals surface area contributed by atoms with Gasteiger partial charge in [0.25, 0.3) is 0 Å². The number of nitrogens with one attached hydrogen (secondary N) is 1. The Labute approximate surface area is 128 Å². The standard InChI is InChI=1S/C18H27N3/c1-12(2)19-10-16-8-7-14(5)17(9-16)18-11-21(13(3)4)20-15(18)6/h7-9,11-13,19H,10H2,1-6H3. The van der Waals surface area contributed by atoms with Crippen LogP contribution in [-0.2, 0) is 6.54 Å². The van der Waals surface area contributed by atoms with Crippen LogP contribution in [0.1, 0.15) is 50.6 Å². The second kappa shape index (κ2) is 6.44. The fraction of sp³-hybridized carbons (Fsp3) is 0.500. The summed E-state index contributed by atoms with van der Waals surface area (Å²) in [6, 6.07) is 7.60. The summed E-state index contributed by atoms with van der Waals surface area (Å²) in [5.41, 5.74) is 6.26. The molecule has 0 spiro atoms. The van der Waals surface area contributed by atoms with Crippen LogP contribution >= 0.6 is 0 Å². The Hall–Kier alpha value is -1.61. The molecule has 0 fully saturated rings. The lowest BCUT2D eigenvalue weighted by Gasteiger charge is -2.11. The topological polar surface area (TPSA) is 29.9 Å². The summed E-state index contributed by atoms with van der Waals surface area (Å²) in [5, 5.41) is 8.11. The first-order chi connectivity index (χ1) is 9.88. The minimum Gasteiger partial charge on any atom is -0.310 e. The number of benzene rings is 1. The van der Waals surface area contributed by atoms with E-state index in [1.807, 2.05) is 4.68 Å². The fourth-order valence-corrected chi connectivity index (χ4v) is 2.40. The minimum atomic E-state index is 0.392. The third kappa shape index (κ3) is 3.73. The zero-order chi connectivity index (χ0) is 15.6. The first kappa shape index (κ1) is 15.8. The van der Waals surface area contributed by atoms with Crippen molar-refractivity contribution in [2.75, 3.05) is 0 Å². The van der Waals surface area contributed by atoms with Crippen molar-refractivity contribution in [1.29, 1.82) is 0 Å². The van der Waals surface area contributed by atoms with Gasteiger partial charge in [-0.05, 0) is 50.5 Å². The van der Waals surface area contributed by atoms with Crippen LogP contribution in [0.3, 0.4) is 0 Å². The predicted octanol–water partition coefficient (Wildman–Crippen LogP) is 4.25. The van der Waals surface area contributed by atoms with Crippen LogP contribution in [0.5, 0.6) is 0 Å². The van der Waals surface area contributed by atoms with Gasteiger partial charge in [0.1, 0.15) is 0 Å². The van der Waals surface area contributed by atoms with E-state index >= 15 is 0 Å². The summed E-state index contributed by atoms with van der Waals surface area (Å²) in [6.07, 6.45) is 2.17. The normalized spacial score (nSPS) is 11.6. The summed E-state index contributed by atoms with van der Waals surface area (Å²) < 4.78 is 2.04. The van der Waals surface area contributed by atoms with Gasteiger partial charge in [0.05, 0.1) is 5.69 Å². The molecule has 0 saturated heterocycles. The first-order valence-electron chi connectivity index (χ1n) is 7.77. The van der Waals surface area contributed by atoms with Crippen molar-refractivity contribution in [1.82, 2.24) is 15.1 Å². The molecule has 0 unspecified atom stereocenters. The molecule has 21 heavy (non-hydrogen) atoms. The second-order valence-corrected chi connectivity index (χ2v) is 6.39. The van der Waals surface area contributed by atoms with E-state index in [0.717, 1.165) is 12.2 Å². The molecule has 3 heteroatoms. The van der Waals surface area contributed by atoms with Gasteiger partial charge in [-0.1, -0.05) is 26.0 Å². The van der Waals surface area contributed by atoms with Crippen molar-refractivity contribution in [3.05, 3.63) is 41.2 Å². The molecule has 2 rings (SSSR count). The molecule has 114 valence electrons. The van der Waals surface area contributed by atoms with E-state index < -0.39 is 0 Å². The third-order valence-electron chi connectivity index (χ3n) is 3.75. The van der Waals surface area contributed by atoms with E-state index in [9.17, 15) is 0 Å². The van der Waals surface area contributed by atoms with Crippen LogP contribution in [0.4, 0.5) is 0 Å². The molecular formula is C18H27N3. The van der Waals surface area contributed by atoms with E-state index in [1.165, 1.54) is 22.3 Å². The van der Waals surface area contributed by atoms with Crippen LogP contribution in [0.15, 0.2) is 24.4 Å². The molecule has 3 nitrogen and oxygen atoms in total. The Morgan fingerprint density at radius 1 is 1.10 bits per heavy atom. The van der Waals surface area contributed by atoms with Gasteiger partial charge in [0.2, 0.25) is 0 Å². The summed E-state index contributed by atoms with van der Waals surface area (Å²) in [7, 11) is 0. The molecule has 0 saturated carbocycles. The zero-order valence-electron chi connectivity index (χ0n) is 14.1. The quantitative estimate of drug-likeness (QED) is 0.890.